The molecule has 0 unspecified atom stereocenters. The maximum Gasteiger partial charge on any atom is 0.291 e. The second kappa shape index (κ2) is 7.10. The van der Waals surface area contributed by atoms with Crippen LogP contribution in [0.4, 0.5) is 8.78 Å². The molecule has 0 aliphatic heterocycles. The van der Waals surface area contributed by atoms with Crippen molar-refractivity contribution in [3.8, 4) is 0 Å². The number of hydrogen-bond acceptors (Lipinski definition) is 1. The molecule has 0 saturated heterocycles. The summed E-state index contributed by atoms with van der Waals surface area (Å²) < 4.78 is 29.0. The van der Waals surface area contributed by atoms with Gasteiger partial charge in [-0.15, -0.1) is 0 Å². The van der Waals surface area contributed by atoms with E-state index in [0.29, 0.717) is 9.13 Å². The van der Waals surface area contributed by atoms with E-state index in [1.54, 1.807) is 24.3 Å². The van der Waals surface area contributed by atoms with E-state index in [1.807, 2.05) is 22.6 Å². The minimum Gasteiger partial charge on any atom is -0.346 e. The molecule has 0 atom stereocenters. The van der Waals surface area contributed by atoms with Crippen molar-refractivity contribution >= 4 is 51.7 Å². The van der Waals surface area contributed by atoms with E-state index in [9.17, 15) is 13.6 Å². The van der Waals surface area contributed by atoms with Crippen molar-refractivity contribution in [1.29, 1.82) is 0 Å². The lowest BCUT2D eigenvalue weighted by atomic mass is 10.1. The first-order valence-corrected chi connectivity index (χ1v) is 8.01. The van der Waals surface area contributed by atoms with Crippen molar-refractivity contribution in [3.63, 3.8) is 0 Å². The maximum atomic E-state index is 14.2. The molecule has 0 fully saturated rings. The van der Waals surface area contributed by atoms with Crippen LogP contribution in [0.25, 0.3) is 0 Å². The van der Waals surface area contributed by atoms with Crippen molar-refractivity contribution in [2.24, 2.45) is 0 Å². The van der Waals surface area contributed by atoms with Crippen LogP contribution in [0.1, 0.15) is 15.9 Å². The highest BCUT2D eigenvalue weighted by Gasteiger charge is 2.34. The van der Waals surface area contributed by atoms with Gasteiger partial charge in [0.25, 0.3) is 11.8 Å². The van der Waals surface area contributed by atoms with Crippen LogP contribution in [0.5, 0.6) is 0 Å². The number of nitrogens with one attached hydrogen (secondary N) is 1. The van der Waals surface area contributed by atoms with E-state index in [0.717, 1.165) is 6.07 Å². The third-order valence-electron chi connectivity index (χ3n) is 2.91. The fraction of sp³-hybridized carbons (Fsp3) is 0.133. The Morgan fingerprint density at radius 2 is 1.86 bits per heavy atom. The van der Waals surface area contributed by atoms with E-state index >= 15 is 0 Å². The third kappa shape index (κ3) is 4.08. The number of benzene rings is 2. The molecule has 2 aromatic carbocycles. The van der Waals surface area contributed by atoms with Gasteiger partial charge in [0.05, 0.1) is 17.1 Å². The largest absolute Gasteiger partial charge is 0.346 e. The Labute approximate surface area is 149 Å². The van der Waals surface area contributed by atoms with Crippen molar-refractivity contribution in [3.05, 3.63) is 67.2 Å². The Bertz CT molecular complexity index is 710. The van der Waals surface area contributed by atoms with E-state index in [1.165, 1.54) is 12.1 Å². The van der Waals surface area contributed by atoms with Gasteiger partial charge in [0.2, 0.25) is 0 Å². The predicted molar refractivity (Wildman–Crippen MR) is 91.8 cm³/mol. The summed E-state index contributed by atoms with van der Waals surface area (Å²) in [5, 5.41) is 2.37. The van der Waals surface area contributed by atoms with Crippen LogP contribution in [-0.4, -0.2) is 12.5 Å². The molecule has 2 aromatic rings. The van der Waals surface area contributed by atoms with Crippen LogP contribution in [-0.2, 0) is 5.92 Å². The summed E-state index contributed by atoms with van der Waals surface area (Å²) in [6, 6.07) is 10.5. The van der Waals surface area contributed by atoms with Gasteiger partial charge in [0.1, 0.15) is 0 Å². The number of rotatable bonds is 4. The number of amides is 1. The standard InChI is InChI=1S/C15H10Cl2F2INO/c16-9-5-6-11(12(17)7-9)15(18,19)8-21-14(22)10-3-1-2-4-13(10)20/h1-7H,8H2,(H,21,22). The highest BCUT2D eigenvalue weighted by atomic mass is 127. The molecule has 116 valence electrons. The van der Waals surface area contributed by atoms with Crippen molar-refractivity contribution in [2.75, 3.05) is 6.54 Å². The second-order valence-electron chi connectivity index (χ2n) is 4.49. The first kappa shape index (κ1) is 17.4. The van der Waals surface area contributed by atoms with Gasteiger partial charge < -0.3 is 5.32 Å². The summed E-state index contributed by atoms with van der Waals surface area (Å²) in [5.41, 5.74) is -0.0253. The van der Waals surface area contributed by atoms with E-state index in [4.69, 9.17) is 23.2 Å². The molecule has 2 rings (SSSR count). The van der Waals surface area contributed by atoms with Crippen LogP contribution in [0.3, 0.4) is 0 Å². The van der Waals surface area contributed by atoms with Crippen molar-refractivity contribution in [1.82, 2.24) is 5.32 Å². The molecule has 0 heterocycles. The average Bonchev–Trinajstić information content (AvgIpc) is 2.45. The summed E-state index contributed by atoms with van der Waals surface area (Å²) in [6.07, 6.45) is 0. The topological polar surface area (TPSA) is 29.1 Å². The van der Waals surface area contributed by atoms with Crippen molar-refractivity contribution < 1.29 is 13.6 Å². The van der Waals surface area contributed by atoms with E-state index < -0.39 is 18.4 Å². The maximum absolute atomic E-state index is 14.2. The SMILES string of the molecule is O=C(NCC(F)(F)c1ccc(Cl)cc1Cl)c1ccccc1I. The molecule has 0 spiro atoms. The third-order valence-corrected chi connectivity index (χ3v) is 4.40. The second-order valence-corrected chi connectivity index (χ2v) is 6.50. The highest BCUT2D eigenvalue weighted by molar-refractivity contribution is 14.1. The van der Waals surface area contributed by atoms with Gasteiger partial charge in [-0.25, -0.2) is 0 Å². The molecule has 1 amide bonds. The smallest absolute Gasteiger partial charge is 0.291 e. The Balaban J connectivity index is 2.13. The molecule has 0 radical (unpaired) electrons. The van der Waals surface area contributed by atoms with Gasteiger partial charge in [0.15, 0.2) is 0 Å². The monoisotopic (exact) mass is 455 g/mol. The van der Waals surface area contributed by atoms with Crippen molar-refractivity contribution in [2.45, 2.75) is 5.92 Å². The minimum absolute atomic E-state index is 0.138. The molecule has 0 bridgehead atoms. The molecular weight excluding hydrogens is 446 g/mol. The lowest BCUT2D eigenvalue weighted by Gasteiger charge is -2.19. The number of carbonyl (C=O) groups is 1. The molecule has 0 saturated carbocycles. The van der Waals surface area contributed by atoms with Crippen LogP contribution in [0.2, 0.25) is 10.0 Å². The fourth-order valence-electron chi connectivity index (χ4n) is 1.81. The lowest BCUT2D eigenvalue weighted by Crippen LogP contribution is -2.35. The summed E-state index contributed by atoms with van der Waals surface area (Å²) >= 11 is 13.5. The Kier molecular flexibility index (Phi) is 5.63. The van der Waals surface area contributed by atoms with Gasteiger partial charge in [-0.3, -0.25) is 4.79 Å². The number of alkyl halides is 2. The van der Waals surface area contributed by atoms with Gasteiger partial charge in [-0.05, 0) is 52.9 Å². The number of halogens is 5. The fourth-order valence-corrected chi connectivity index (χ4v) is 2.99. The average molecular weight is 456 g/mol. The van der Waals surface area contributed by atoms with Crippen LogP contribution >= 0.6 is 45.8 Å². The summed E-state index contributed by atoms with van der Waals surface area (Å²) in [6.45, 7) is -0.849. The van der Waals surface area contributed by atoms with E-state index in [-0.39, 0.29) is 15.6 Å². The zero-order chi connectivity index (χ0) is 16.3. The molecule has 1 N–H and O–H groups in total. The van der Waals surface area contributed by atoms with Gasteiger partial charge in [0, 0.05) is 14.2 Å². The zero-order valence-corrected chi connectivity index (χ0v) is 14.7. The number of carbonyl (C=O) groups excluding carboxylic acids is 1. The minimum atomic E-state index is -3.29. The lowest BCUT2D eigenvalue weighted by molar-refractivity contribution is -0.00237. The molecule has 0 aliphatic carbocycles. The normalized spacial score (nSPS) is 11.3. The number of hydrogen-bond donors (Lipinski definition) is 1. The molecule has 2 nitrogen and oxygen atoms in total. The van der Waals surface area contributed by atoms with Gasteiger partial charge in [-0.1, -0.05) is 35.3 Å². The van der Waals surface area contributed by atoms with Crippen LogP contribution in [0.15, 0.2) is 42.5 Å². The Morgan fingerprint density at radius 1 is 1.18 bits per heavy atom. The van der Waals surface area contributed by atoms with Crippen LogP contribution < -0.4 is 5.32 Å². The Hall–Kier alpha value is -0.920. The zero-order valence-electron chi connectivity index (χ0n) is 11.0. The molecular formula is C15H10Cl2F2INO. The molecule has 0 aromatic heterocycles. The first-order valence-electron chi connectivity index (χ1n) is 6.17. The first-order chi connectivity index (χ1) is 10.3. The van der Waals surface area contributed by atoms with Gasteiger partial charge in [-0.2, -0.15) is 8.78 Å². The summed E-state index contributed by atoms with van der Waals surface area (Å²) in [5.74, 6) is -3.85. The van der Waals surface area contributed by atoms with Gasteiger partial charge >= 0.3 is 0 Å². The molecule has 0 aliphatic rings. The molecule has 22 heavy (non-hydrogen) atoms. The summed E-state index contributed by atoms with van der Waals surface area (Å²) in [7, 11) is 0. The van der Waals surface area contributed by atoms with Crippen LogP contribution in [0, 0.1) is 3.57 Å². The predicted octanol–water partition coefficient (Wildman–Crippen LogP) is 5.12. The highest BCUT2D eigenvalue weighted by Crippen LogP contribution is 2.34. The molecule has 7 heteroatoms. The Morgan fingerprint density at radius 3 is 2.50 bits per heavy atom. The summed E-state index contributed by atoms with van der Waals surface area (Å²) in [4.78, 5) is 12.0. The van der Waals surface area contributed by atoms with E-state index in [2.05, 4.69) is 5.32 Å². The quantitative estimate of drug-likeness (QED) is 0.637.